The van der Waals surface area contributed by atoms with E-state index >= 15 is 0 Å². The third kappa shape index (κ3) is 2.30. The van der Waals surface area contributed by atoms with Crippen molar-refractivity contribution in [1.29, 1.82) is 0 Å². The zero-order chi connectivity index (χ0) is 16.7. The van der Waals surface area contributed by atoms with E-state index in [1.807, 2.05) is 12.1 Å². The van der Waals surface area contributed by atoms with Gasteiger partial charge in [-0.2, -0.15) is 11.3 Å². The molecule has 0 radical (unpaired) electrons. The molecule has 1 N–H and O–H groups in total. The van der Waals surface area contributed by atoms with Crippen LogP contribution in [0.5, 0.6) is 0 Å². The van der Waals surface area contributed by atoms with Crippen molar-refractivity contribution in [2.24, 2.45) is 4.99 Å². The quantitative estimate of drug-likeness (QED) is 0.725. The molecule has 0 aliphatic carbocycles. The molecule has 1 saturated heterocycles. The average Bonchev–Trinajstić information content (AvgIpc) is 3.24. The largest absolute Gasteiger partial charge is 0.309 e. The first-order chi connectivity index (χ1) is 11.7. The van der Waals surface area contributed by atoms with Crippen molar-refractivity contribution in [3.63, 3.8) is 0 Å². The summed E-state index contributed by atoms with van der Waals surface area (Å²) in [6.07, 6.45) is 4.22. The number of halogens is 1. The van der Waals surface area contributed by atoms with Crippen LogP contribution in [-0.4, -0.2) is 18.8 Å². The molecule has 0 bridgehead atoms. The Hall–Kier alpha value is -1.42. The smallest absolute Gasteiger partial charge is 0.0683 e. The van der Waals surface area contributed by atoms with Crippen LogP contribution < -0.4 is 5.32 Å². The van der Waals surface area contributed by atoms with E-state index in [1.54, 1.807) is 11.3 Å². The predicted molar refractivity (Wildman–Crippen MR) is 104 cm³/mol. The number of fused-ring (bicyclic) bond motifs is 2. The van der Waals surface area contributed by atoms with Gasteiger partial charge in [-0.1, -0.05) is 36.7 Å². The molecule has 3 heterocycles. The highest BCUT2D eigenvalue weighted by atomic mass is 35.5. The lowest BCUT2D eigenvalue weighted by Crippen LogP contribution is -2.57. The van der Waals surface area contributed by atoms with Gasteiger partial charge >= 0.3 is 0 Å². The molecule has 0 saturated carbocycles. The van der Waals surface area contributed by atoms with E-state index in [4.69, 9.17) is 16.6 Å². The van der Waals surface area contributed by atoms with Crippen LogP contribution in [0.2, 0.25) is 5.02 Å². The number of thiophene rings is 1. The van der Waals surface area contributed by atoms with Gasteiger partial charge in [0.2, 0.25) is 0 Å². The Morgan fingerprint density at radius 1 is 1.46 bits per heavy atom. The third-order valence-corrected chi connectivity index (χ3v) is 6.42. The summed E-state index contributed by atoms with van der Waals surface area (Å²) < 4.78 is 0. The molecule has 4 heteroatoms. The number of nitrogens with one attached hydrogen (secondary N) is 1. The Labute approximate surface area is 152 Å². The first-order valence-electron chi connectivity index (χ1n) is 8.45. The van der Waals surface area contributed by atoms with E-state index in [9.17, 15) is 0 Å². The summed E-state index contributed by atoms with van der Waals surface area (Å²) in [5.41, 5.74) is 4.75. The molecule has 1 aromatic heterocycles. The number of rotatable bonds is 3. The highest BCUT2D eigenvalue weighted by Crippen LogP contribution is 2.53. The van der Waals surface area contributed by atoms with Crippen LogP contribution in [0.15, 0.2) is 52.2 Å². The normalized spacial score (nSPS) is 28.2. The third-order valence-electron chi connectivity index (χ3n) is 5.49. The predicted octanol–water partition coefficient (Wildman–Crippen LogP) is 5.47. The molecular formula is C20H21ClN2S. The van der Waals surface area contributed by atoms with Gasteiger partial charge < -0.3 is 5.32 Å². The van der Waals surface area contributed by atoms with Gasteiger partial charge in [-0.15, -0.1) is 0 Å². The lowest BCUT2D eigenvalue weighted by Gasteiger charge is -2.47. The molecule has 0 amide bonds. The Bertz CT molecular complexity index is 796. The van der Waals surface area contributed by atoms with Crippen molar-refractivity contribution in [2.45, 2.75) is 37.1 Å². The molecule has 1 spiro atoms. The van der Waals surface area contributed by atoms with Gasteiger partial charge in [0.25, 0.3) is 0 Å². The highest BCUT2D eigenvalue weighted by Gasteiger charge is 2.52. The van der Waals surface area contributed by atoms with Gasteiger partial charge in [0, 0.05) is 23.2 Å². The summed E-state index contributed by atoms with van der Waals surface area (Å²) in [6, 6.07) is 8.59. The summed E-state index contributed by atoms with van der Waals surface area (Å²) >= 11 is 7.97. The van der Waals surface area contributed by atoms with Crippen LogP contribution in [0.25, 0.3) is 0 Å². The van der Waals surface area contributed by atoms with Crippen molar-refractivity contribution >= 4 is 34.8 Å². The zero-order valence-corrected chi connectivity index (χ0v) is 15.3. The van der Waals surface area contributed by atoms with E-state index in [1.165, 1.54) is 16.7 Å². The van der Waals surface area contributed by atoms with Crippen LogP contribution in [0.4, 0.5) is 5.69 Å². The van der Waals surface area contributed by atoms with Crippen molar-refractivity contribution in [2.75, 3.05) is 6.54 Å². The Balaban J connectivity index is 1.92. The minimum Gasteiger partial charge on any atom is -0.309 e. The van der Waals surface area contributed by atoms with Crippen molar-refractivity contribution in [3.05, 3.63) is 63.3 Å². The molecular weight excluding hydrogens is 336 g/mol. The number of hydrogen-bond acceptors (Lipinski definition) is 3. The topological polar surface area (TPSA) is 24.4 Å². The molecule has 1 fully saturated rings. The fraction of sp³-hybridized carbons (Fsp3) is 0.350. The first-order valence-corrected chi connectivity index (χ1v) is 9.77. The molecule has 2 aliphatic rings. The second-order valence-electron chi connectivity index (χ2n) is 6.65. The van der Waals surface area contributed by atoms with Gasteiger partial charge in [-0.05, 0) is 59.5 Å². The maximum Gasteiger partial charge on any atom is 0.0683 e. The van der Waals surface area contributed by atoms with E-state index in [0.717, 1.165) is 30.1 Å². The van der Waals surface area contributed by atoms with Crippen LogP contribution >= 0.6 is 22.9 Å². The minimum absolute atomic E-state index is 0.174. The van der Waals surface area contributed by atoms with Gasteiger partial charge in [-0.3, -0.25) is 4.99 Å². The van der Waals surface area contributed by atoms with Crippen LogP contribution in [-0.2, 0) is 5.41 Å². The number of hydrogen-bond donors (Lipinski definition) is 1. The number of piperidine rings is 1. The van der Waals surface area contributed by atoms with Crippen molar-refractivity contribution in [1.82, 2.24) is 5.32 Å². The minimum atomic E-state index is -0.174. The van der Waals surface area contributed by atoms with E-state index in [2.05, 4.69) is 47.9 Å². The van der Waals surface area contributed by atoms with E-state index < -0.39 is 0 Å². The lowest BCUT2D eigenvalue weighted by molar-refractivity contribution is 0.291. The molecule has 1 aromatic carbocycles. The number of benzene rings is 1. The van der Waals surface area contributed by atoms with Crippen LogP contribution in [0.3, 0.4) is 0 Å². The second-order valence-corrected chi connectivity index (χ2v) is 7.87. The first kappa shape index (κ1) is 16.1. The molecule has 4 rings (SSSR count). The van der Waals surface area contributed by atoms with E-state index in [-0.39, 0.29) is 11.5 Å². The van der Waals surface area contributed by atoms with E-state index in [0.29, 0.717) is 5.92 Å². The maximum atomic E-state index is 6.21. The fourth-order valence-corrected chi connectivity index (χ4v) is 5.19. The van der Waals surface area contributed by atoms with Gasteiger partial charge in [-0.25, -0.2) is 0 Å². The molecule has 2 aromatic rings. The SMILES string of the molecule is C=C(CC)[C@H]1NCC[C@H](c2ccsc2)[C@]12C=Nc1cc(Cl)ccc12. The maximum absolute atomic E-state index is 6.21. The average molecular weight is 357 g/mol. The Morgan fingerprint density at radius 3 is 3.08 bits per heavy atom. The zero-order valence-electron chi connectivity index (χ0n) is 13.8. The highest BCUT2D eigenvalue weighted by molar-refractivity contribution is 7.08. The van der Waals surface area contributed by atoms with Gasteiger partial charge in [0.05, 0.1) is 11.1 Å². The molecule has 3 atom stereocenters. The number of aliphatic imine (C=N–C) groups is 1. The molecule has 2 aliphatic heterocycles. The number of nitrogens with zero attached hydrogens (tertiary/aromatic N) is 1. The molecule has 124 valence electrons. The summed E-state index contributed by atoms with van der Waals surface area (Å²) in [5.74, 6) is 0.407. The molecule has 0 unspecified atom stereocenters. The van der Waals surface area contributed by atoms with Crippen LogP contribution in [0.1, 0.15) is 36.8 Å². The standard InChI is InChI=1S/C20H21ClN2S/c1-3-13(2)19-20(12-23-18-10-15(21)4-5-17(18)20)16(6-8-22-19)14-7-9-24-11-14/h4-5,7,9-12,16,19,22H,2-3,6,8H2,1H3/t16-,19-,20+/m1/s1. The Kier molecular flexibility index (Phi) is 4.11. The summed E-state index contributed by atoms with van der Waals surface area (Å²) in [6.45, 7) is 7.56. The summed E-state index contributed by atoms with van der Waals surface area (Å²) in [5, 5.41) is 8.92. The van der Waals surface area contributed by atoms with Crippen LogP contribution in [0, 0.1) is 0 Å². The second kappa shape index (κ2) is 6.14. The van der Waals surface area contributed by atoms with Crippen molar-refractivity contribution < 1.29 is 0 Å². The Morgan fingerprint density at radius 2 is 2.33 bits per heavy atom. The summed E-state index contributed by atoms with van der Waals surface area (Å²) in [7, 11) is 0. The van der Waals surface area contributed by atoms with Gasteiger partial charge in [0.15, 0.2) is 0 Å². The lowest BCUT2D eigenvalue weighted by atomic mass is 9.60. The summed E-state index contributed by atoms with van der Waals surface area (Å²) in [4.78, 5) is 4.78. The molecule has 2 nitrogen and oxygen atoms in total. The monoisotopic (exact) mass is 356 g/mol. The van der Waals surface area contributed by atoms with Crippen molar-refractivity contribution in [3.8, 4) is 0 Å². The van der Waals surface area contributed by atoms with Gasteiger partial charge in [0.1, 0.15) is 0 Å². The molecule has 24 heavy (non-hydrogen) atoms. The fourth-order valence-electron chi connectivity index (χ4n) is 4.31.